The van der Waals surface area contributed by atoms with Gasteiger partial charge >= 0.3 is 0 Å². The minimum Gasteiger partial charge on any atom is -0.388 e. The minimum absolute atomic E-state index is 0.0457. The number of benzene rings is 2. The lowest BCUT2D eigenvalue weighted by Gasteiger charge is -2.09. The quantitative estimate of drug-likeness (QED) is 0.656. The van der Waals surface area contributed by atoms with Crippen molar-refractivity contribution in [2.24, 2.45) is 0 Å². The lowest BCUT2D eigenvalue weighted by molar-refractivity contribution is -0.384. The van der Waals surface area contributed by atoms with E-state index in [0.717, 1.165) is 10.2 Å². The molecule has 19 heavy (non-hydrogen) atoms. The molecule has 0 spiro atoms. The average Bonchev–Trinajstić information content (AvgIpc) is 2.38. The number of non-ortho nitro benzene ring substituents is 1. The summed E-state index contributed by atoms with van der Waals surface area (Å²) < 4.78 is 0.941. The van der Waals surface area contributed by atoms with Crippen LogP contribution in [-0.2, 0) is 0 Å². The molecular formula is C13H12BrN3O2. The molecule has 5 nitrogen and oxygen atoms in total. The Morgan fingerprint density at radius 3 is 2.47 bits per heavy atom. The molecule has 2 N–H and O–H groups in total. The first kappa shape index (κ1) is 13.4. The Hall–Kier alpha value is -2.08. The molecule has 0 aliphatic carbocycles. The maximum absolute atomic E-state index is 10.9. The maximum atomic E-state index is 10.9. The molecule has 0 saturated carbocycles. The monoisotopic (exact) mass is 321 g/mol. The van der Waals surface area contributed by atoms with Crippen molar-refractivity contribution < 1.29 is 4.92 Å². The normalized spacial score (nSPS) is 10.0. The van der Waals surface area contributed by atoms with E-state index in [2.05, 4.69) is 26.6 Å². The van der Waals surface area contributed by atoms with Crippen LogP contribution in [0.5, 0.6) is 0 Å². The van der Waals surface area contributed by atoms with E-state index in [9.17, 15) is 10.1 Å². The fourth-order valence-corrected chi connectivity index (χ4v) is 2.07. The maximum Gasteiger partial charge on any atom is 0.273 e. The van der Waals surface area contributed by atoms with Crippen LogP contribution in [0.1, 0.15) is 0 Å². The predicted octanol–water partition coefficient (Wildman–Crippen LogP) is 4.14. The van der Waals surface area contributed by atoms with Gasteiger partial charge in [-0.15, -0.1) is 0 Å². The van der Waals surface area contributed by atoms with Crippen molar-refractivity contribution in [3.05, 3.63) is 57.1 Å². The smallest absolute Gasteiger partial charge is 0.273 e. The van der Waals surface area contributed by atoms with Crippen molar-refractivity contribution in [1.82, 2.24) is 0 Å². The van der Waals surface area contributed by atoms with Crippen LogP contribution in [0.15, 0.2) is 46.9 Å². The number of hydrogen-bond acceptors (Lipinski definition) is 4. The second-order valence-corrected chi connectivity index (χ2v) is 4.83. The van der Waals surface area contributed by atoms with Gasteiger partial charge in [-0.05, 0) is 24.3 Å². The van der Waals surface area contributed by atoms with E-state index >= 15 is 0 Å². The zero-order chi connectivity index (χ0) is 13.8. The molecule has 0 aromatic heterocycles. The molecule has 0 amide bonds. The molecule has 2 aromatic carbocycles. The van der Waals surface area contributed by atoms with Gasteiger partial charge in [0.05, 0.1) is 4.92 Å². The zero-order valence-electron chi connectivity index (χ0n) is 10.2. The molecule has 6 heteroatoms. The summed E-state index contributed by atoms with van der Waals surface area (Å²) in [5.74, 6) is 0. The average molecular weight is 322 g/mol. The van der Waals surface area contributed by atoms with Crippen molar-refractivity contribution in [3.8, 4) is 0 Å². The van der Waals surface area contributed by atoms with Gasteiger partial charge in [0.2, 0.25) is 0 Å². The topological polar surface area (TPSA) is 67.2 Å². The highest BCUT2D eigenvalue weighted by molar-refractivity contribution is 9.10. The summed E-state index contributed by atoms with van der Waals surface area (Å²) in [5, 5.41) is 16.9. The van der Waals surface area contributed by atoms with E-state index < -0.39 is 4.92 Å². The van der Waals surface area contributed by atoms with Crippen LogP contribution in [-0.4, -0.2) is 12.0 Å². The highest BCUT2D eigenvalue weighted by Crippen LogP contribution is 2.27. The van der Waals surface area contributed by atoms with Gasteiger partial charge in [-0.25, -0.2) is 0 Å². The van der Waals surface area contributed by atoms with Crippen LogP contribution in [0.2, 0.25) is 0 Å². The number of anilines is 3. The molecule has 0 unspecified atom stereocenters. The first-order chi connectivity index (χ1) is 9.08. The van der Waals surface area contributed by atoms with E-state index in [0.29, 0.717) is 11.4 Å². The van der Waals surface area contributed by atoms with E-state index in [4.69, 9.17) is 0 Å². The van der Waals surface area contributed by atoms with Crippen LogP contribution >= 0.6 is 15.9 Å². The number of nitro groups is 1. The van der Waals surface area contributed by atoms with Gasteiger partial charge in [-0.3, -0.25) is 10.1 Å². The van der Waals surface area contributed by atoms with Gasteiger partial charge in [-0.2, -0.15) is 0 Å². The van der Waals surface area contributed by atoms with E-state index in [1.165, 1.54) is 12.1 Å². The number of nitrogens with zero attached hydrogens (tertiary/aromatic N) is 1. The fourth-order valence-electron chi connectivity index (χ4n) is 1.67. The molecule has 0 fully saturated rings. The first-order valence-electron chi connectivity index (χ1n) is 5.58. The Kier molecular flexibility index (Phi) is 4.01. The van der Waals surface area contributed by atoms with E-state index in [1.807, 2.05) is 30.3 Å². The Balaban J connectivity index is 2.34. The van der Waals surface area contributed by atoms with Gasteiger partial charge in [0.1, 0.15) is 0 Å². The van der Waals surface area contributed by atoms with Crippen LogP contribution in [0.3, 0.4) is 0 Å². The molecule has 0 radical (unpaired) electrons. The van der Waals surface area contributed by atoms with Crippen LogP contribution < -0.4 is 10.6 Å². The van der Waals surface area contributed by atoms with Gasteiger partial charge < -0.3 is 10.6 Å². The van der Waals surface area contributed by atoms with E-state index in [-0.39, 0.29) is 5.69 Å². The Morgan fingerprint density at radius 2 is 1.84 bits per heavy atom. The zero-order valence-corrected chi connectivity index (χ0v) is 11.8. The standard InChI is InChI=1S/C13H12BrN3O2/c1-15-11-6-12(8-13(7-11)17(18)19)16-10-4-2-3-9(14)5-10/h2-8,15-16H,1H3. The Labute approximate surface area is 118 Å². The van der Waals surface area contributed by atoms with Crippen molar-refractivity contribution >= 4 is 38.7 Å². The van der Waals surface area contributed by atoms with Gasteiger partial charge in [0.15, 0.2) is 0 Å². The number of nitrogens with one attached hydrogen (secondary N) is 2. The largest absolute Gasteiger partial charge is 0.388 e. The van der Waals surface area contributed by atoms with E-state index in [1.54, 1.807) is 7.05 Å². The Bertz CT molecular complexity index is 617. The summed E-state index contributed by atoms with van der Waals surface area (Å²) in [6.07, 6.45) is 0. The highest BCUT2D eigenvalue weighted by Gasteiger charge is 2.09. The molecule has 0 atom stereocenters. The lowest BCUT2D eigenvalue weighted by Crippen LogP contribution is -1.96. The molecule has 0 aliphatic heterocycles. The minimum atomic E-state index is -0.410. The third-order valence-corrected chi connectivity index (χ3v) is 3.02. The van der Waals surface area contributed by atoms with Crippen molar-refractivity contribution in [1.29, 1.82) is 0 Å². The summed E-state index contributed by atoms with van der Waals surface area (Å²) in [4.78, 5) is 10.5. The molecule has 0 heterocycles. The van der Waals surface area contributed by atoms with Crippen molar-refractivity contribution in [2.45, 2.75) is 0 Å². The first-order valence-corrected chi connectivity index (χ1v) is 6.37. The summed E-state index contributed by atoms with van der Waals surface area (Å²) in [6.45, 7) is 0. The number of halogens is 1. The predicted molar refractivity (Wildman–Crippen MR) is 80.1 cm³/mol. The SMILES string of the molecule is CNc1cc(Nc2cccc(Br)c2)cc([N+](=O)[O-])c1. The summed E-state index contributed by atoms with van der Waals surface area (Å²) in [7, 11) is 1.72. The molecule has 0 bridgehead atoms. The van der Waals surface area contributed by atoms with Crippen LogP contribution in [0.4, 0.5) is 22.7 Å². The van der Waals surface area contributed by atoms with Crippen LogP contribution in [0.25, 0.3) is 0 Å². The van der Waals surface area contributed by atoms with Crippen molar-refractivity contribution in [2.75, 3.05) is 17.7 Å². The molecular weight excluding hydrogens is 310 g/mol. The second-order valence-electron chi connectivity index (χ2n) is 3.91. The molecule has 0 saturated heterocycles. The van der Waals surface area contributed by atoms with Gasteiger partial charge in [0.25, 0.3) is 5.69 Å². The second kappa shape index (κ2) is 5.71. The highest BCUT2D eigenvalue weighted by atomic mass is 79.9. The summed E-state index contributed by atoms with van der Waals surface area (Å²) >= 11 is 3.38. The summed E-state index contributed by atoms with van der Waals surface area (Å²) in [6, 6.07) is 12.4. The lowest BCUT2D eigenvalue weighted by atomic mass is 10.2. The third kappa shape index (κ3) is 3.45. The fraction of sp³-hybridized carbons (Fsp3) is 0.0769. The summed E-state index contributed by atoms with van der Waals surface area (Å²) in [5.41, 5.74) is 2.25. The number of rotatable bonds is 4. The Morgan fingerprint density at radius 1 is 1.11 bits per heavy atom. The van der Waals surface area contributed by atoms with Gasteiger partial charge in [-0.1, -0.05) is 22.0 Å². The third-order valence-electron chi connectivity index (χ3n) is 2.53. The molecule has 98 valence electrons. The molecule has 2 aromatic rings. The molecule has 0 aliphatic rings. The van der Waals surface area contributed by atoms with Crippen molar-refractivity contribution in [3.63, 3.8) is 0 Å². The van der Waals surface area contributed by atoms with Gasteiger partial charge in [0, 0.05) is 40.7 Å². The number of hydrogen-bond donors (Lipinski definition) is 2. The number of nitro benzene ring substituents is 1. The van der Waals surface area contributed by atoms with Crippen LogP contribution in [0, 0.1) is 10.1 Å². The molecule has 2 rings (SSSR count).